The van der Waals surface area contributed by atoms with E-state index in [1.165, 1.54) is 122 Å². The first-order valence-corrected chi connectivity index (χ1v) is 14.1. The van der Waals surface area contributed by atoms with Gasteiger partial charge in [-0.15, -0.1) is 0 Å². The number of allylic oxidation sites excluding steroid dienone is 2. The van der Waals surface area contributed by atoms with Crippen LogP contribution < -0.4 is 0 Å². The van der Waals surface area contributed by atoms with Crippen LogP contribution in [0.3, 0.4) is 0 Å². The van der Waals surface area contributed by atoms with Crippen LogP contribution >= 0.6 is 0 Å². The number of carboxylic acid groups (broad SMARTS) is 1. The number of aliphatic carboxylic acids is 1. The number of hydrogen-bond acceptors (Lipinski definition) is 1. The molecule has 0 aliphatic heterocycles. The first-order chi connectivity index (χ1) is 15.2. The number of carboxylic acids is 1. The Bertz CT molecular complexity index is 388. The van der Waals surface area contributed by atoms with Crippen LogP contribution in [0.2, 0.25) is 0 Å². The highest BCUT2D eigenvalue weighted by molar-refractivity contribution is 5.69. The Balaban J connectivity index is 3.28. The minimum atomic E-state index is -0.579. The molecule has 0 aromatic carbocycles. The van der Waals surface area contributed by atoms with Crippen molar-refractivity contribution in [2.45, 2.75) is 162 Å². The fourth-order valence-corrected chi connectivity index (χ4v) is 4.38. The summed E-state index contributed by atoms with van der Waals surface area (Å²) < 4.78 is 0. The van der Waals surface area contributed by atoms with Crippen molar-refractivity contribution in [3.63, 3.8) is 0 Å². The van der Waals surface area contributed by atoms with Crippen LogP contribution in [0.4, 0.5) is 0 Å². The number of unbranched alkanes of at least 4 members (excludes halogenated alkanes) is 18. The molecule has 0 aliphatic rings. The Morgan fingerprint density at radius 3 is 1.29 bits per heavy atom. The lowest BCUT2D eigenvalue weighted by atomic mass is 9.94. The molecular formula is C29H56O2. The van der Waals surface area contributed by atoms with E-state index in [0.29, 0.717) is 0 Å². The van der Waals surface area contributed by atoms with Gasteiger partial charge in [0.25, 0.3) is 0 Å². The van der Waals surface area contributed by atoms with Gasteiger partial charge in [0, 0.05) is 0 Å². The highest BCUT2D eigenvalue weighted by atomic mass is 16.4. The summed E-state index contributed by atoms with van der Waals surface area (Å²) >= 11 is 0. The van der Waals surface area contributed by atoms with E-state index in [1.807, 2.05) is 0 Å². The highest BCUT2D eigenvalue weighted by Gasteiger charge is 2.15. The van der Waals surface area contributed by atoms with Crippen molar-refractivity contribution in [3.8, 4) is 0 Å². The van der Waals surface area contributed by atoms with Gasteiger partial charge in [0.1, 0.15) is 0 Å². The average Bonchev–Trinajstić information content (AvgIpc) is 2.76. The fourth-order valence-electron chi connectivity index (χ4n) is 4.38. The van der Waals surface area contributed by atoms with E-state index in [2.05, 4.69) is 26.0 Å². The molecule has 31 heavy (non-hydrogen) atoms. The molecule has 0 heterocycles. The van der Waals surface area contributed by atoms with E-state index in [4.69, 9.17) is 0 Å². The second-order valence-corrected chi connectivity index (χ2v) is 9.67. The van der Waals surface area contributed by atoms with Gasteiger partial charge in [0.2, 0.25) is 0 Å². The monoisotopic (exact) mass is 436 g/mol. The Morgan fingerprint density at radius 2 is 0.871 bits per heavy atom. The minimum absolute atomic E-state index is 0.0995. The van der Waals surface area contributed by atoms with E-state index in [0.717, 1.165) is 25.7 Å². The number of rotatable bonds is 25. The molecule has 0 spiro atoms. The van der Waals surface area contributed by atoms with Gasteiger partial charge in [-0.2, -0.15) is 0 Å². The zero-order valence-corrected chi connectivity index (χ0v) is 21.4. The molecule has 0 bridgehead atoms. The summed E-state index contributed by atoms with van der Waals surface area (Å²) in [7, 11) is 0. The topological polar surface area (TPSA) is 37.3 Å². The summed E-state index contributed by atoms with van der Waals surface area (Å²) in [6, 6.07) is 0. The lowest BCUT2D eigenvalue weighted by Crippen LogP contribution is -2.13. The predicted octanol–water partition coefficient (Wildman–Crippen LogP) is 10.3. The van der Waals surface area contributed by atoms with Gasteiger partial charge in [-0.25, -0.2) is 0 Å². The molecule has 1 unspecified atom stereocenters. The zero-order valence-electron chi connectivity index (χ0n) is 21.4. The Labute approximate surface area is 195 Å². The van der Waals surface area contributed by atoms with Gasteiger partial charge >= 0.3 is 5.97 Å². The Kier molecular flexibility index (Phi) is 24.8. The molecule has 0 amide bonds. The quantitative estimate of drug-likeness (QED) is 0.114. The van der Waals surface area contributed by atoms with E-state index < -0.39 is 5.97 Å². The zero-order chi connectivity index (χ0) is 22.8. The second-order valence-electron chi connectivity index (χ2n) is 9.67. The molecule has 0 saturated carbocycles. The van der Waals surface area contributed by atoms with Crippen molar-refractivity contribution in [3.05, 3.63) is 12.2 Å². The van der Waals surface area contributed by atoms with Crippen molar-refractivity contribution in [2.24, 2.45) is 5.92 Å². The van der Waals surface area contributed by atoms with Crippen molar-refractivity contribution >= 4 is 5.97 Å². The first kappa shape index (κ1) is 30.2. The molecule has 0 fully saturated rings. The SMILES string of the molecule is CCCCCCCC=CCCCCCCCCCCCCCC(CCCCC)C(=O)O. The van der Waals surface area contributed by atoms with Crippen molar-refractivity contribution in [1.29, 1.82) is 0 Å². The smallest absolute Gasteiger partial charge is 0.306 e. The third-order valence-corrected chi connectivity index (χ3v) is 6.57. The molecule has 0 aromatic heterocycles. The standard InChI is InChI=1S/C29H56O2/c1-3-5-7-8-9-10-11-12-13-14-15-16-17-18-19-20-21-22-23-25-27-28(29(30)31)26-24-6-4-2/h11-12,28H,3-10,13-27H2,1-2H3,(H,30,31). The van der Waals surface area contributed by atoms with Crippen LogP contribution in [0.1, 0.15) is 162 Å². The molecule has 2 nitrogen and oxygen atoms in total. The molecule has 0 aromatic rings. The molecule has 2 heteroatoms. The predicted molar refractivity (Wildman–Crippen MR) is 138 cm³/mol. The van der Waals surface area contributed by atoms with E-state index in [-0.39, 0.29) is 5.92 Å². The lowest BCUT2D eigenvalue weighted by molar-refractivity contribution is -0.142. The number of hydrogen-bond donors (Lipinski definition) is 1. The van der Waals surface area contributed by atoms with E-state index >= 15 is 0 Å². The van der Waals surface area contributed by atoms with Gasteiger partial charge < -0.3 is 5.11 Å². The summed E-state index contributed by atoms with van der Waals surface area (Å²) in [5.41, 5.74) is 0. The summed E-state index contributed by atoms with van der Waals surface area (Å²) in [6.07, 6.45) is 34.1. The largest absolute Gasteiger partial charge is 0.481 e. The van der Waals surface area contributed by atoms with Gasteiger partial charge in [-0.1, -0.05) is 135 Å². The third kappa shape index (κ3) is 23.7. The third-order valence-electron chi connectivity index (χ3n) is 6.57. The van der Waals surface area contributed by atoms with Gasteiger partial charge in [-0.3, -0.25) is 4.79 Å². The maximum absolute atomic E-state index is 11.3. The van der Waals surface area contributed by atoms with Crippen LogP contribution in [-0.2, 0) is 4.79 Å². The average molecular weight is 437 g/mol. The van der Waals surface area contributed by atoms with E-state index in [1.54, 1.807) is 0 Å². The van der Waals surface area contributed by atoms with Crippen LogP contribution in [0.25, 0.3) is 0 Å². The van der Waals surface area contributed by atoms with Crippen molar-refractivity contribution in [2.75, 3.05) is 0 Å². The van der Waals surface area contributed by atoms with Crippen LogP contribution in [-0.4, -0.2) is 11.1 Å². The Morgan fingerprint density at radius 1 is 0.548 bits per heavy atom. The number of carbonyl (C=O) groups is 1. The summed E-state index contributed by atoms with van der Waals surface area (Å²) in [5.74, 6) is -0.678. The second kappa shape index (κ2) is 25.5. The normalized spacial score (nSPS) is 12.6. The van der Waals surface area contributed by atoms with E-state index in [9.17, 15) is 9.90 Å². The molecular weight excluding hydrogens is 380 g/mol. The highest BCUT2D eigenvalue weighted by Crippen LogP contribution is 2.19. The maximum atomic E-state index is 11.3. The minimum Gasteiger partial charge on any atom is -0.481 e. The maximum Gasteiger partial charge on any atom is 0.306 e. The van der Waals surface area contributed by atoms with Crippen molar-refractivity contribution < 1.29 is 9.90 Å². The summed E-state index contributed by atoms with van der Waals surface area (Å²) in [4.78, 5) is 11.3. The molecule has 1 N–H and O–H groups in total. The fraction of sp³-hybridized carbons (Fsp3) is 0.897. The molecule has 0 radical (unpaired) electrons. The molecule has 0 aliphatic carbocycles. The van der Waals surface area contributed by atoms with Crippen LogP contribution in [0.5, 0.6) is 0 Å². The lowest BCUT2D eigenvalue weighted by Gasteiger charge is -2.11. The molecule has 1 atom stereocenters. The Hall–Kier alpha value is -0.790. The summed E-state index contributed by atoms with van der Waals surface area (Å²) in [5, 5.41) is 9.33. The van der Waals surface area contributed by atoms with Gasteiger partial charge in [0.15, 0.2) is 0 Å². The molecule has 0 saturated heterocycles. The van der Waals surface area contributed by atoms with Gasteiger partial charge in [0.05, 0.1) is 5.92 Å². The van der Waals surface area contributed by atoms with Crippen LogP contribution in [0, 0.1) is 5.92 Å². The van der Waals surface area contributed by atoms with Gasteiger partial charge in [-0.05, 0) is 38.5 Å². The van der Waals surface area contributed by atoms with Crippen LogP contribution in [0.15, 0.2) is 12.2 Å². The van der Waals surface area contributed by atoms with Crippen molar-refractivity contribution in [1.82, 2.24) is 0 Å². The molecule has 0 rings (SSSR count). The summed E-state index contributed by atoms with van der Waals surface area (Å²) in [6.45, 7) is 4.45. The first-order valence-electron chi connectivity index (χ1n) is 14.1. The molecule has 184 valence electrons.